The lowest BCUT2D eigenvalue weighted by atomic mass is 10.1. The summed E-state index contributed by atoms with van der Waals surface area (Å²) in [5.74, 6) is -1.19. The number of carbonyl (C=O) groups excluding carboxylic acids is 2. The van der Waals surface area contributed by atoms with Gasteiger partial charge < -0.3 is 20.4 Å². The van der Waals surface area contributed by atoms with Crippen LogP contribution in [0.2, 0.25) is 0 Å². The van der Waals surface area contributed by atoms with E-state index in [-0.39, 0.29) is 16.9 Å². The van der Waals surface area contributed by atoms with E-state index in [9.17, 15) is 27.2 Å². The molecule has 10 heteroatoms. The molecule has 1 heterocycles. The Morgan fingerprint density at radius 2 is 1.47 bits per heavy atom. The Labute approximate surface area is 170 Å². The highest BCUT2D eigenvalue weighted by molar-refractivity contribution is 6.00. The van der Waals surface area contributed by atoms with E-state index in [2.05, 4.69) is 15.5 Å². The summed E-state index contributed by atoms with van der Waals surface area (Å²) in [7, 11) is 1.94. The molecule has 0 bridgehead atoms. The van der Waals surface area contributed by atoms with Crippen LogP contribution < -0.4 is 10.6 Å². The number of nitrogens with one attached hydrogen (secondary N) is 2. The number of hydrogen-bond donors (Lipinski definition) is 2. The van der Waals surface area contributed by atoms with Gasteiger partial charge in [0.15, 0.2) is 0 Å². The number of urea groups is 1. The Balaban J connectivity index is 1.61. The maximum atomic E-state index is 14.4. The Kier molecular flexibility index (Phi) is 6.25. The van der Waals surface area contributed by atoms with E-state index in [1.165, 1.54) is 12.1 Å². The molecule has 1 fully saturated rings. The third kappa shape index (κ3) is 5.26. The molecule has 0 saturated carbocycles. The molecule has 1 saturated heterocycles. The molecule has 6 nitrogen and oxygen atoms in total. The van der Waals surface area contributed by atoms with Gasteiger partial charge in [0.2, 0.25) is 0 Å². The molecule has 3 amide bonds. The normalized spacial score (nSPS) is 15.0. The van der Waals surface area contributed by atoms with E-state index in [1.54, 1.807) is 4.90 Å². The molecule has 2 N–H and O–H groups in total. The van der Waals surface area contributed by atoms with E-state index < -0.39 is 29.5 Å². The molecule has 0 radical (unpaired) electrons. The second-order valence-corrected chi connectivity index (χ2v) is 6.94. The second-order valence-electron chi connectivity index (χ2n) is 6.94. The van der Waals surface area contributed by atoms with Crippen molar-refractivity contribution >= 4 is 23.3 Å². The number of benzene rings is 2. The van der Waals surface area contributed by atoms with E-state index in [4.69, 9.17) is 0 Å². The molecular formula is C20H20F4N4O2. The third-order valence-corrected chi connectivity index (χ3v) is 4.72. The van der Waals surface area contributed by atoms with Crippen LogP contribution in [0, 0.1) is 5.82 Å². The first-order valence-electron chi connectivity index (χ1n) is 9.16. The zero-order valence-corrected chi connectivity index (χ0v) is 16.1. The smallest absolute Gasteiger partial charge is 0.336 e. The number of rotatable bonds is 3. The molecule has 0 spiro atoms. The Hall–Kier alpha value is -3.14. The maximum Gasteiger partial charge on any atom is 0.416 e. The number of hydrogen-bond acceptors (Lipinski definition) is 3. The average Bonchev–Trinajstić information content (AvgIpc) is 2.68. The highest BCUT2D eigenvalue weighted by Gasteiger charge is 2.30. The lowest BCUT2D eigenvalue weighted by Gasteiger charge is -2.32. The van der Waals surface area contributed by atoms with Crippen LogP contribution in [0.3, 0.4) is 0 Å². The molecular weight excluding hydrogens is 404 g/mol. The summed E-state index contributed by atoms with van der Waals surface area (Å²) < 4.78 is 52.1. The predicted molar refractivity (Wildman–Crippen MR) is 104 cm³/mol. The van der Waals surface area contributed by atoms with Crippen molar-refractivity contribution in [1.29, 1.82) is 0 Å². The van der Waals surface area contributed by atoms with Gasteiger partial charge in [-0.3, -0.25) is 4.79 Å². The van der Waals surface area contributed by atoms with Crippen molar-refractivity contribution in [3.05, 3.63) is 59.4 Å². The zero-order chi connectivity index (χ0) is 21.9. The topological polar surface area (TPSA) is 64.7 Å². The summed E-state index contributed by atoms with van der Waals surface area (Å²) in [6.45, 7) is 2.42. The SMILES string of the molecule is CN1CCN(C(=O)c2ccc(NC(=O)Nc3ccc(C(F)(F)F)cc3)cc2F)CC1. The number of carbonyl (C=O) groups is 2. The van der Waals surface area contributed by atoms with Crippen LogP contribution >= 0.6 is 0 Å². The van der Waals surface area contributed by atoms with Gasteiger partial charge in [0.1, 0.15) is 5.82 Å². The second kappa shape index (κ2) is 8.70. The largest absolute Gasteiger partial charge is 0.416 e. The van der Waals surface area contributed by atoms with Crippen molar-refractivity contribution in [3.63, 3.8) is 0 Å². The molecule has 0 atom stereocenters. The van der Waals surface area contributed by atoms with Gasteiger partial charge in [0.05, 0.1) is 11.1 Å². The fourth-order valence-corrected chi connectivity index (χ4v) is 2.98. The summed E-state index contributed by atoms with van der Waals surface area (Å²) in [5, 5.41) is 4.75. The quantitative estimate of drug-likeness (QED) is 0.736. The van der Waals surface area contributed by atoms with Crippen LogP contribution in [-0.4, -0.2) is 55.0 Å². The maximum absolute atomic E-state index is 14.4. The van der Waals surface area contributed by atoms with Crippen molar-refractivity contribution in [2.24, 2.45) is 0 Å². The van der Waals surface area contributed by atoms with Crippen molar-refractivity contribution in [3.8, 4) is 0 Å². The highest BCUT2D eigenvalue weighted by atomic mass is 19.4. The minimum atomic E-state index is -4.47. The molecule has 2 aromatic rings. The molecule has 0 aromatic heterocycles. The zero-order valence-electron chi connectivity index (χ0n) is 16.1. The summed E-state index contributed by atoms with van der Waals surface area (Å²) in [6.07, 6.45) is -4.47. The Morgan fingerprint density at radius 3 is 2.03 bits per heavy atom. The number of nitrogens with zero attached hydrogens (tertiary/aromatic N) is 2. The van der Waals surface area contributed by atoms with Gasteiger partial charge >= 0.3 is 12.2 Å². The summed E-state index contributed by atoms with van der Waals surface area (Å²) in [4.78, 5) is 28.2. The summed E-state index contributed by atoms with van der Waals surface area (Å²) in [5.41, 5.74) is -0.681. The van der Waals surface area contributed by atoms with Gasteiger partial charge in [-0.05, 0) is 49.5 Å². The monoisotopic (exact) mass is 424 g/mol. The van der Waals surface area contributed by atoms with Gasteiger partial charge in [0.25, 0.3) is 5.91 Å². The van der Waals surface area contributed by atoms with Crippen LogP contribution in [0.25, 0.3) is 0 Å². The average molecular weight is 424 g/mol. The first-order chi connectivity index (χ1) is 14.1. The lowest BCUT2D eigenvalue weighted by Crippen LogP contribution is -2.47. The van der Waals surface area contributed by atoms with Crippen LogP contribution in [0.5, 0.6) is 0 Å². The molecule has 1 aliphatic rings. The number of anilines is 2. The van der Waals surface area contributed by atoms with Gasteiger partial charge in [0, 0.05) is 37.6 Å². The Morgan fingerprint density at radius 1 is 0.900 bits per heavy atom. The van der Waals surface area contributed by atoms with E-state index in [0.29, 0.717) is 26.2 Å². The first kappa shape index (κ1) is 21.6. The van der Waals surface area contributed by atoms with Crippen molar-refractivity contribution in [1.82, 2.24) is 9.80 Å². The molecule has 0 unspecified atom stereocenters. The predicted octanol–water partition coefficient (Wildman–Crippen LogP) is 3.88. The van der Waals surface area contributed by atoms with Gasteiger partial charge in [-0.15, -0.1) is 0 Å². The van der Waals surface area contributed by atoms with Crippen LogP contribution in [0.1, 0.15) is 15.9 Å². The number of amides is 3. The number of piperazine rings is 1. The molecule has 3 rings (SSSR count). The minimum absolute atomic E-state index is 0.0896. The summed E-state index contributed by atoms with van der Waals surface area (Å²) in [6, 6.07) is 6.86. The highest BCUT2D eigenvalue weighted by Crippen LogP contribution is 2.29. The Bertz CT molecular complexity index is 923. The first-order valence-corrected chi connectivity index (χ1v) is 9.16. The van der Waals surface area contributed by atoms with E-state index in [0.717, 1.165) is 30.3 Å². The van der Waals surface area contributed by atoms with E-state index in [1.807, 2.05) is 7.05 Å². The minimum Gasteiger partial charge on any atom is -0.336 e. The molecule has 2 aromatic carbocycles. The number of likely N-dealkylation sites (N-methyl/N-ethyl adjacent to an activating group) is 1. The standard InChI is InChI=1S/C20H20F4N4O2/c1-27-8-10-28(11-9-27)18(29)16-7-6-15(12-17(16)21)26-19(30)25-14-4-2-13(3-5-14)20(22,23)24/h2-7,12H,8-11H2,1H3,(H2,25,26,30). The van der Waals surface area contributed by atoms with Crippen molar-refractivity contribution in [2.75, 3.05) is 43.9 Å². The van der Waals surface area contributed by atoms with Gasteiger partial charge in [-0.25, -0.2) is 9.18 Å². The molecule has 1 aliphatic heterocycles. The molecule has 0 aliphatic carbocycles. The number of halogens is 4. The van der Waals surface area contributed by atoms with Gasteiger partial charge in [-0.1, -0.05) is 0 Å². The fourth-order valence-electron chi connectivity index (χ4n) is 2.98. The van der Waals surface area contributed by atoms with Crippen LogP contribution in [0.15, 0.2) is 42.5 Å². The molecule has 30 heavy (non-hydrogen) atoms. The van der Waals surface area contributed by atoms with Crippen LogP contribution in [0.4, 0.5) is 33.7 Å². The number of alkyl halides is 3. The van der Waals surface area contributed by atoms with E-state index >= 15 is 0 Å². The van der Waals surface area contributed by atoms with Gasteiger partial charge in [-0.2, -0.15) is 13.2 Å². The van der Waals surface area contributed by atoms with Crippen molar-refractivity contribution < 1.29 is 27.2 Å². The third-order valence-electron chi connectivity index (χ3n) is 4.72. The van der Waals surface area contributed by atoms with Crippen LogP contribution in [-0.2, 0) is 6.18 Å². The molecule has 160 valence electrons. The lowest BCUT2D eigenvalue weighted by molar-refractivity contribution is -0.137. The summed E-state index contributed by atoms with van der Waals surface area (Å²) >= 11 is 0. The van der Waals surface area contributed by atoms with Crippen molar-refractivity contribution in [2.45, 2.75) is 6.18 Å². The fraction of sp³-hybridized carbons (Fsp3) is 0.300.